The van der Waals surface area contributed by atoms with Gasteiger partial charge in [-0.05, 0) is 12.8 Å². The van der Waals surface area contributed by atoms with Gasteiger partial charge in [-0.2, -0.15) is 0 Å². The number of methoxy groups -OCH3 is 1. The van der Waals surface area contributed by atoms with E-state index in [-0.39, 0.29) is 31.4 Å². The van der Waals surface area contributed by atoms with E-state index in [1.165, 1.54) is 7.11 Å². The van der Waals surface area contributed by atoms with E-state index in [0.717, 1.165) is 12.8 Å². The summed E-state index contributed by atoms with van der Waals surface area (Å²) in [6.07, 6.45) is 2.40. The fourth-order valence-electron chi connectivity index (χ4n) is 1.22. The molecule has 0 spiro atoms. The lowest BCUT2D eigenvalue weighted by atomic mass is 10.2. The highest BCUT2D eigenvalue weighted by Crippen LogP contribution is 1.98. The molecule has 0 rings (SSSR count). The van der Waals surface area contributed by atoms with Crippen molar-refractivity contribution in [2.24, 2.45) is 0 Å². The average Bonchev–Trinajstić information content (AvgIpc) is 2.33. The molecule has 7 heteroatoms. The van der Waals surface area contributed by atoms with Crippen molar-refractivity contribution >= 4 is 18.0 Å². The predicted octanol–water partition coefficient (Wildman–Crippen LogP) is 0.494. The van der Waals surface area contributed by atoms with E-state index in [1.807, 2.05) is 0 Å². The SMILES string of the molecule is COC(=O)CCNC(=O)NCCCCCC(=O)O. The van der Waals surface area contributed by atoms with Crippen LogP contribution in [-0.2, 0) is 14.3 Å². The van der Waals surface area contributed by atoms with Crippen LogP contribution < -0.4 is 10.6 Å². The summed E-state index contributed by atoms with van der Waals surface area (Å²) in [4.78, 5) is 32.1. The molecular weight excluding hydrogens is 240 g/mol. The largest absolute Gasteiger partial charge is 0.481 e. The number of amides is 2. The molecule has 0 aromatic carbocycles. The van der Waals surface area contributed by atoms with Crippen molar-refractivity contribution in [2.45, 2.75) is 32.1 Å². The number of nitrogens with one attached hydrogen (secondary N) is 2. The monoisotopic (exact) mass is 260 g/mol. The Bertz CT molecular complexity index is 281. The highest BCUT2D eigenvalue weighted by atomic mass is 16.5. The Morgan fingerprint density at radius 3 is 2.28 bits per heavy atom. The van der Waals surface area contributed by atoms with Crippen molar-refractivity contribution in [2.75, 3.05) is 20.2 Å². The summed E-state index contributed by atoms with van der Waals surface area (Å²) in [6.45, 7) is 0.723. The number of urea groups is 1. The molecule has 3 N–H and O–H groups in total. The zero-order valence-electron chi connectivity index (χ0n) is 10.5. The average molecular weight is 260 g/mol. The Morgan fingerprint density at radius 2 is 1.67 bits per heavy atom. The predicted molar refractivity (Wildman–Crippen MR) is 64.1 cm³/mol. The molecule has 0 saturated heterocycles. The molecule has 7 nitrogen and oxygen atoms in total. The van der Waals surface area contributed by atoms with Crippen LogP contribution >= 0.6 is 0 Å². The number of aliphatic carboxylic acids is 1. The zero-order chi connectivity index (χ0) is 13.8. The van der Waals surface area contributed by atoms with Crippen molar-refractivity contribution in [1.82, 2.24) is 10.6 Å². The molecule has 18 heavy (non-hydrogen) atoms. The molecule has 0 aromatic heterocycles. The molecule has 0 aromatic rings. The van der Waals surface area contributed by atoms with Crippen LogP contribution in [-0.4, -0.2) is 43.3 Å². The second-order valence-corrected chi connectivity index (χ2v) is 3.71. The first-order valence-electron chi connectivity index (χ1n) is 5.86. The molecule has 0 aliphatic carbocycles. The molecule has 0 radical (unpaired) electrons. The van der Waals surface area contributed by atoms with Crippen molar-refractivity contribution < 1.29 is 24.2 Å². The lowest BCUT2D eigenvalue weighted by Gasteiger charge is -2.06. The molecule has 0 saturated carbocycles. The van der Waals surface area contributed by atoms with Crippen LogP contribution in [0.2, 0.25) is 0 Å². The van der Waals surface area contributed by atoms with Gasteiger partial charge in [-0.1, -0.05) is 6.42 Å². The van der Waals surface area contributed by atoms with Crippen LogP contribution in [0.4, 0.5) is 4.79 Å². The quantitative estimate of drug-likeness (QED) is 0.413. The molecular formula is C11H20N2O5. The van der Waals surface area contributed by atoms with Gasteiger partial charge in [0.2, 0.25) is 0 Å². The molecule has 104 valence electrons. The van der Waals surface area contributed by atoms with Crippen LogP contribution in [0, 0.1) is 0 Å². The molecule has 0 atom stereocenters. The Labute approximate surface area is 106 Å². The van der Waals surface area contributed by atoms with Crippen molar-refractivity contribution in [3.63, 3.8) is 0 Å². The molecule has 0 bridgehead atoms. The maximum Gasteiger partial charge on any atom is 0.314 e. The van der Waals surface area contributed by atoms with Gasteiger partial charge in [0, 0.05) is 19.5 Å². The summed E-state index contributed by atoms with van der Waals surface area (Å²) < 4.78 is 4.42. The number of carboxylic acid groups (broad SMARTS) is 1. The van der Waals surface area contributed by atoms with Crippen LogP contribution in [0.15, 0.2) is 0 Å². The van der Waals surface area contributed by atoms with E-state index < -0.39 is 5.97 Å². The molecule has 2 amide bonds. The van der Waals surface area contributed by atoms with Gasteiger partial charge in [-0.15, -0.1) is 0 Å². The van der Waals surface area contributed by atoms with E-state index in [0.29, 0.717) is 13.0 Å². The first kappa shape index (κ1) is 16.2. The fourth-order valence-corrected chi connectivity index (χ4v) is 1.22. The van der Waals surface area contributed by atoms with E-state index in [2.05, 4.69) is 15.4 Å². The van der Waals surface area contributed by atoms with Gasteiger partial charge in [0.1, 0.15) is 0 Å². The third-order valence-corrected chi connectivity index (χ3v) is 2.20. The number of hydrogen-bond donors (Lipinski definition) is 3. The Hall–Kier alpha value is -1.79. The normalized spacial score (nSPS) is 9.61. The first-order valence-corrected chi connectivity index (χ1v) is 5.86. The van der Waals surface area contributed by atoms with Crippen LogP contribution in [0.1, 0.15) is 32.1 Å². The highest BCUT2D eigenvalue weighted by molar-refractivity contribution is 5.75. The summed E-state index contributed by atoms with van der Waals surface area (Å²) >= 11 is 0. The standard InChI is InChI=1S/C11H20N2O5/c1-18-10(16)6-8-13-11(17)12-7-4-2-3-5-9(14)15/h2-8H2,1H3,(H,14,15)(H2,12,13,17). The summed E-state index contributed by atoms with van der Waals surface area (Å²) in [6, 6.07) is -0.336. The van der Waals surface area contributed by atoms with Gasteiger partial charge in [-0.3, -0.25) is 9.59 Å². The van der Waals surface area contributed by atoms with Gasteiger partial charge >= 0.3 is 18.0 Å². The lowest BCUT2D eigenvalue weighted by molar-refractivity contribution is -0.140. The summed E-state index contributed by atoms with van der Waals surface area (Å²) in [5.74, 6) is -1.17. The molecule has 0 aliphatic heterocycles. The van der Waals surface area contributed by atoms with E-state index >= 15 is 0 Å². The van der Waals surface area contributed by atoms with Gasteiger partial charge in [0.15, 0.2) is 0 Å². The number of esters is 1. The van der Waals surface area contributed by atoms with Crippen LogP contribution in [0.25, 0.3) is 0 Å². The van der Waals surface area contributed by atoms with Crippen LogP contribution in [0.3, 0.4) is 0 Å². The number of ether oxygens (including phenoxy) is 1. The molecule has 0 fully saturated rings. The van der Waals surface area contributed by atoms with E-state index in [4.69, 9.17) is 5.11 Å². The second kappa shape index (κ2) is 10.4. The molecule has 0 aliphatic rings. The van der Waals surface area contributed by atoms with Crippen LogP contribution in [0.5, 0.6) is 0 Å². The van der Waals surface area contributed by atoms with Crippen molar-refractivity contribution in [3.05, 3.63) is 0 Å². The minimum atomic E-state index is -0.802. The summed E-state index contributed by atoms with van der Waals surface area (Å²) in [5, 5.41) is 13.5. The maximum atomic E-state index is 11.2. The fraction of sp³-hybridized carbons (Fsp3) is 0.727. The first-order chi connectivity index (χ1) is 8.56. The minimum absolute atomic E-state index is 0.141. The molecule has 0 heterocycles. The summed E-state index contributed by atoms with van der Waals surface area (Å²) in [5.41, 5.74) is 0. The topological polar surface area (TPSA) is 105 Å². The number of carbonyl (C=O) groups excluding carboxylic acids is 2. The van der Waals surface area contributed by atoms with Gasteiger partial charge < -0.3 is 20.5 Å². The number of carboxylic acids is 1. The van der Waals surface area contributed by atoms with E-state index in [1.54, 1.807) is 0 Å². The Balaban J connectivity index is 3.32. The summed E-state index contributed by atoms with van der Waals surface area (Å²) in [7, 11) is 1.29. The van der Waals surface area contributed by atoms with Gasteiger partial charge in [-0.25, -0.2) is 4.79 Å². The minimum Gasteiger partial charge on any atom is -0.481 e. The number of unbranched alkanes of at least 4 members (excludes halogenated alkanes) is 2. The van der Waals surface area contributed by atoms with Crippen molar-refractivity contribution in [3.8, 4) is 0 Å². The Kier molecular flexibility index (Phi) is 9.34. The van der Waals surface area contributed by atoms with Crippen molar-refractivity contribution in [1.29, 1.82) is 0 Å². The number of rotatable bonds is 9. The maximum absolute atomic E-state index is 11.2. The smallest absolute Gasteiger partial charge is 0.314 e. The van der Waals surface area contributed by atoms with E-state index in [9.17, 15) is 14.4 Å². The third-order valence-electron chi connectivity index (χ3n) is 2.20. The highest BCUT2D eigenvalue weighted by Gasteiger charge is 2.02. The molecule has 0 unspecified atom stereocenters. The Morgan fingerprint density at radius 1 is 1.00 bits per heavy atom. The number of hydrogen-bond acceptors (Lipinski definition) is 4. The van der Waals surface area contributed by atoms with Gasteiger partial charge in [0.25, 0.3) is 0 Å². The lowest BCUT2D eigenvalue weighted by Crippen LogP contribution is -2.37. The third kappa shape index (κ3) is 10.7. The zero-order valence-corrected chi connectivity index (χ0v) is 10.5. The number of carbonyl (C=O) groups is 3. The second-order valence-electron chi connectivity index (χ2n) is 3.71. The van der Waals surface area contributed by atoms with Gasteiger partial charge in [0.05, 0.1) is 13.5 Å².